The summed E-state index contributed by atoms with van der Waals surface area (Å²) in [6.45, 7) is 4.37. The molecule has 0 spiro atoms. The number of rotatable bonds is 7. The van der Waals surface area contributed by atoms with Crippen LogP contribution in [0.1, 0.15) is 24.1 Å². The van der Waals surface area contributed by atoms with E-state index in [2.05, 4.69) is 43.1 Å². The van der Waals surface area contributed by atoms with Crippen LogP contribution in [0.4, 0.5) is 0 Å². The molecule has 2 aromatic carbocycles. The number of nitrogens with zero attached hydrogens (tertiary/aromatic N) is 1. The van der Waals surface area contributed by atoms with Crippen molar-refractivity contribution in [3.63, 3.8) is 0 Å². The smallest absolute Gasteiger partial charge is 0.119 e. The van der Waals surface area contributed by atoms with E-state index >= 15 is 0 Å². The molecule has 2 N–H and O–H groups in total. The highest BCUT2D eigenvalue weighted by atomic mass is 16.5. The maximum absolute atomic E-state index is 5.80. The van der Waals surface area contributed by atoms with Crippen LogP contribution in [0.5, 0.6) is 5.75 Å². The lowest BCUT2D eigenvalue weighted by Crippen LogP contribution is -2.28. The molecule has 1 unspecified atom stereocenters. The topological polar surface area (TPSA) is 38.5 Å². The maximum Gasteiger partial charge on any atom is 0.119 e. The quantitative estimate of drug-likeness (QED) is 0.848. The van der Waals surface area contributed by atoms with E-state index in [0.717, 1.165) is 12.3 Å². The summed E-state index contributed by atoms with van der Waals surface area (Å²) < 4.78 is 5.80. The van der Waals surface area contributed by atoms with Gasteiger partial charge in [0.05, 0.1) is 0 Å². The van der Waals surface area contributed by atoms with Gasteiger partial charge in [0, 0.05) is 19.1 Å². The second-order valence-electron chi connectivity index (χ2n) is 5.29. The standard InChI is InChI=1S/C18H24N2O/c1-15(20(2)13-12-19)17-8-10-18(11-9-17)21-14-16-6-4-3-5-7-16/h3-11,15H,12-14,19H2,1-2H3. The first-order valence-corrected chi connectivity index (χ1v) is 7.37. The second-order valence-corrected chi connectivity index (χ2v) is 5.29. The van der Waals surface area contributed by atoms with Crippen LogP contribution in [-0.2, 0) is 6.61 Å². The first kappa shape index (κ1) is 15.5. The zero-order chi connectivity index (χ0) is 15.1. The number of hydrogen-bond donors (Lipinski definition) is 1. The van der Waals surface area contributed by atoms with Gasteiger partial charge in [0.25, 0.3) is 0 Å². The van der Waals surface area contributed by atoms with Crippen LogP contribution in [0.3, 0.4) is 0 Å². The van der Waals surface area contributed by atoms with Gasteiger partial charge >= 0.3 is 0 Å². The average molecular weight is 284 g/mol. The predicted molar refractivity (Wildman–Crippen MR) is 87.3 cm³/mol. The third kappa shape index (κ3) is 4.59. The van der Waals surface area contributed by atoms with Crippen molar-refractivity contribution >= 4 is 0 Å². The van der Waals surface area contributed by atoms with E-state index in [1.54, 1.807) is 0 Å². The van der Waals surface area contributed by atoms with Gasteiger partial charge in [-0.05, 0) is 37.2 Å². The number of nitrogens with two attached hydrogens (primary N) is 1. The van der Waals surface area contributed by atoms with Gasteiger partial charge in [-0.1, -0.05) is 42.5 Å². The highest BCUT2D eigenvalue weighted by Crippen LogP contribution is 2.21. The third-order valence-corrected chi connectivity index (χ3v) is 3.75. The van der Waals surface area contributed by atoms with Crippen molar-refractivity contribution in [1.82, 2.24) is 4.90 Å². The van der Waals surface area contributed by atoms with Crippen LogP contribution in [0, 0.1) is 0 Å². The molecule has 0 saturated carbocycles. The van der Waals surface area contributed by atoms with Gasteiger partial charge in [-0.15, -0.1) is 0 Å². The molecule has 2 aromatic rings. The van der Waals surface area contributed by atoms with Crippen LogP contribution >= 0.6 is 0 Å². The molecular formula is C18H24N2O. The summed E-state index contributed by atoms with van der Waals surface area (Å²) in [4.78, 5) is 2.25. The molecule has 112 valence electrons. The Labute approximate surface area is 127 Å². The largest absolute Gasteiger partial charge is 0.489 e. The molecule has 2 rings (SSSR count). The molecule has 3 nitrogen and oxygen atoms in total. The lowest BCUT2D eigenvalue weighted by molar-refractivity contribution is 0.268. The van der Waals surface area contributed by atoms with Gasteiger partial charge in [-0.2, -0.15) is 0 Å². The summed E-state index contributed by atoms with van der Waals surface area (Å²) >= 11 is 0. The van der Waals surface area contributed by atoms with Crippen molar-refractivity contribution in [2.24, 2.45) is 5.73 Å². The Balaban J connectivity index is 1.92. The van der Waals surface area contributed by atoms with Gasteiger partial charge in [0.1, 0.15) is 12.4 Å². The first-order valence-electron chi connectivity index (χ1n) is 7.37. The fourth-order valence-electron chi connectivity index (χ4n) is 2.24. The molecule has 0 radical (unpaired) electrons. The van der Waals surface area contributed by atoms with Crippen LogP contribution < -0.4 is 10.5 Å². The zero-order valence-electron chi connectivity index (χ0n) is 12.8. The fraction of sp³-hybridized carbons (Fsp3) is 0.333. The van der Waals surface area contributed by atoms with Gasteiger partial charge in [0.2, 0.25) is 0 Å². The molecule has 0 aliphatic rings. The Morgan fingerprint density at radius 1 is 1.05 bits per heavy atom. The Hall–Kier alpha value is -1.84. The Kier molecular flexibility index (Phi) is 5.78. The van der Waals surface area contributed by atoms with Crippen molar-refractivity contribution in [2.75, 3.05) is 20.1 Å². The molecular weight excluding hydrogens is 260 g/mol. The summed E-state index contributed by atoms with van der Waals surface area (Å²) in [5.74, 6) is 0.899. The van der Waals surface area contributed by atoms with Crippen LogP contribution in [-0.4, -0.2) is 25.0 Å². The fourth-order valence-corrected chi connectivity index (χ4v) is 2.24. The van der Waals surface area contributed by atoms with Crippen molar-refractivity contribution in [3.05, 3.63) is 65.7 Å². The summed E-state index contributed by atoms with van der Waals surface area (Å²) in [7, 11) is 2.09. The van der Waals surface area contributed by atoms with Crippen molar-refractivity contribution in [1.29, 1.82) is 0 Å². The number of hydrogen-bond acceptors (Lipinski definition) is 3. The Morgan fingerprint density at radius 3 is 2.33 bits per heavy atom. The number of ether oxygens (including phenoxy) is 1. The highest BCUT2D eigenvalue weighted by molar-refractivity contribution is 5.29. The van der Waals surface area contributed by atoms with E-state index in [1.807, 2.05) is 30.3 Å². The van der Waals surface area contributed by atoms with Crippen LogP contribution in [0.15, 0.2) is 54.6 Å². The Morgan fingerprint density at radius 2 is 1.71 bits per heavy atom. The van der Waals surface area contributed by atoms with Gasteiger partial charge < -0.3 is 10.5 Å². The lowest BCUT2D eigenvalue weighted by atomic mass is 10.1. The van der Waals surface area contributed by atoms with E-state index < -0.39 is 0 Å². The Bertz CT molecular complexity index is 525. The highest BCUT2D eigenvalue weighted by Gasteiger charge is 2.10. The molecule has 21 heavy (non-hydrogen) atoms. The molecule has 3 heteroatoms. The molecule has 1 atom stereocenters. The summed E-state index contributed by atoms with van der Waals surface area (Å²) in [6, 6.07) is 18.9. The van der Waals surface area contributed by atoms with Crippen LogP contribution in [0.25, 0.3) is 0 Å². The number of benzene rings is 2. The minimum Gasteiger partial charge on any atom is -0.489 e. The molecule has 0 fully saturated rings. The summed E-state index contributed by atoms with van der Waals surface area (Å²) in [5.41, 5.74) is 8.06. The maximum atomic E-state index is 5.80. The van der Waals surface area contributed by atoms with E-state index in [-0.39, 0.29) is 0 Å². The van der Waals surface area contributed by atoms with E-state index in [4.69, 9.17) is 10.5 Å². The molecule has 0 aliphatic carbocycles. The predicted octanol–water partition coefficient (Wildman–Crippen LogP) is 3.22. The van der Waals surface area contributed by atoms with E-state index in [9.17, 15) is 0 Å². The minimum absolute atomic E-state index is 0.358. The SMILES string of the molecule is CC(c1ccc(OCc2ccccc2)cc1)N(C)CCN. The molecule has 0 aromatic heterocycles. The van der Waals surface area contributed by atoms with Crippen LogP contribution in [0.2, 0.25) is 0 Å². The minimum atomic E-state index is 0.358. The van der Waals surface area contributed by atoms with Gasteiger partial charge in [-0.3, -0.25) is 4.90 Å². The zero-order valence-corrected chi connectivity index (χ0v) is 12.8. The average Bonchev–Trinajstić information content (AvgIpc) is 2.54. The van der Waals surface area contributed by atoms with E-state index in [0.29, 0.717) is 19.2 Å². The molecule has 0 saturated heterocycles. The first-order chi connectivity index (χ1) is 10.2. The van der Waals surface area contributed by atoms with Crippen molar-refractivity contribution < 1.29 is 4.74 Å². The van der Waals surface area contributed by atoms with Crippen molar-refractivity contribution in [2.45, 2.75) is 19.6 Å². The molecule has 0 heterocycles. The monoisotopic (exact) mass is 284 g/mol. The normalized spacial score (nSPS) is 12.4. The van der Waals surface area contributed by atoms with Crippen molar-refractivity contribution in [3.8, 4) is 5.75 Å². The molecule has 0 aliphatic heterocycles. The number of likely N-dealkylation sites (N-methyl/N-ethyl adjacent to an activating group) is 1. The summed E-state index contributed by atoms with van der Waals surface area (Å²) in [6.07, 6.45) is 0. The third-order valence-electron chi connectivity index (χ3n) is 3.75. The molecule has 0 amide bonds. The lowest BCUT2D eigenvalue weighted by Gasteiger charge is -2.24. The molecule has 0 bridgehead atoms. The second kappa shape index (κ2) is 7.81. The summed E-state index contributed by atoms with van der Waals surface area (Å²) in [5, 5.41) is 0. The van der Waals surface area contributed by atoms with Gasteiger partial charge in [-0.25, -0.2) is 0 Å². The van der Waals surface area contributed by atoms with Gasteiger partial charge in [0.15, 0.2) is 0 Å². The van der Waals surface area contributed by atoms with E-state index in [1.165, 1.54) is 11.1 Å².